The van der Waals surface area contributed by atoms with Crippen LogP contribution in [0.3, 0.4) is 0 Å². The number of ether oxygens (including phenoxy) is 2. The molecule has 0 unspecified atom stereocenters. The summed E-state index contributed by atoms with van der Waals surface area (Å²) in [6.45, 7) is 2.63. The van der Waals surface area contributed by atoms with E-state index in [1.165, 1.54) is 0 Å². The van der Waals surface area contributed by atoms with Gasteiger partial charge in [0, 0.05) is 31.3 Å². The Morgan fingerprint density at radius 1 is 1.21 bits per heavy atom. The van der Waals surface area contributed by atoms with Crippen molar-refractivity contribution in [1.82, 2.24) is 19.6 Å². The lowest BCUT2D eigenvalue weighted by atomic mass is 10.2. The summed E-state index contributed by atoms with van der Waals surface area (Å²) in [7, 11) is 0. The standard InChI is InChI=1S/C20H21N5O4/c21-19(26)14-10-15-12-22-13-25(15)18(11-14)29-17-4-2-16(3-5-17)28-9-1-7-24-8-6-23-20(24)27/h2-5,10-13H,1,6-9H2,(H2,21,26)(H,23,27). The maximum atomic E-state index is 11.5. The summed E-state index contributed by atoms with van der Waals surface area (Å²) in [5.74, 6) is 1.20. The zero-order chi connectivity index (χ0) is 20.2. The Morgan fingerprint density at radius 3 is 2.72 bits per heavy atom. The van der Waals surface area contributed by atoms with E-state index in [-0.39, 0.29) is 6.03 Å². The minimum absolute atomic E-state index is 0.0149. The Balaban J connectivity index is 1.36. The second-order valence-corrected chi connectivity index (χ2v) is 6.63. The summed E-state index contributed by atoms with van der Waals surface area (Å²) in [4.78, 5) is 28.9. The molecule has 3 heterocycles. The second kappa shape index (κ2) is 8.09. The predicted octanol–water partition coefficient (Wildman–Crippen LogP) is 2.02. The molecule has 1 aliphatic heterocycles. The van der Waals surface area contributed by atoms with Crippen LogP contribution in [0.15, 0.2) is 48.9 Å². The quantitative estimate of drug-likeness (QED) is 0.567. The number of rotatable bonds is 8. The highest BCUT2D eigenvalue weighted by Crippen LogP contribution is 2.26. The van der Waals surface area contributed by atoms with E-state index in [9.17, 15) is 9.59 Å². The second-order valence-electron chi connectivity index (χ2n) is 6.63. The first-order chi connectivity index (χ1) is 14.1. The van der Waals surface area contributed by atoms with Gasteiger partial charge in [-0.3, -0.25) is 9.20 Å². The molecular formula is C20H21N5O4. The molecule has 0 bridgehead atoms. The number of benzene rings is 1. The lowest BCUT2D eigenvalue weighted by Crippen LogP contribution is -2.29. The van der Waals surface area contributed by atoms with Gasteiger partial charge in [-0.05, 0) is 36.8 Å². The van der Waals surface area contributed by atoms with Crippen molar-refractivity contribution in [3.05, 3.63) is 54.5 Å². The van der Waals surface area contributed by atoms with Crippen molar-refractivity contribution in [1.29, 1.82) is 0 Å². The van der Waals surface area contributed by atoms with Gasteiger partial charge in [-0.1, -0.05) is 0 Å². The Bertz CT molecular complexity index is 1030. The SMILES string of the molecule is NC(=O)c1cc(Oc2ccc(OCCCN3CCNC3=O)cc2)n2cncc2c1. The van der Waals surface area contributed by atoms with E-state index in [4.69, 9.17) is 15.2 Å². The number of aromatic nitrogens is 2. The van der Waals surface area contributed by atoms with Crippen LogP contribution in [0.2, 0.25) is 0 Å². The Kier molecular flexibility index (Phi) is 5.19. The van der Waals surface area contributed by atoms with Crippen molar-refractivity contribution in [2.24, 2.45) is 5.73 Å². The topological polar surface area (TPSA) is 111 Å². The zero-order valence-electron chi connectivity index (χ0n) is 15.7. The molecule has 1 aliphatic rings. The van der Waals surface area contributed by atoms with Crippen molar-refractivity contribution in [3.63, 3.8) is 0 Å². The number of pyridine rings is 1. The molecule has 3 N–H and O–H groups in total. The fourth-order valence-corrected chi connectivity index (χ4v) is 3.12. The number of fused-ring (bicyclic) bond motifs is 1. The maximum absolute atomic E-state index is 11.5. The summed E-state index contributed by atoms with van der Waals surface area (Å²) in [5.41, 5.74) is 6.45. The van der Waals surface area contributed by atoms with Crippen LogP contribution < -0.4 is 20.5 Å². The molecule has 2 aromatic heterocycles. The van der Waals surface area contributed by atoms with E-state index in [1.54, 1.807) is 58.2 Å². The number of hydrogen-bond donors (Lipinski definition) is 2. The molecule has 0 saturated carbocycles. The number of nitrogens with one attached hydrogen (secondary N) is 1. The van der Waals surface area contributed by atoms with Crippen LogP contribution in [0.25, 0.3) is 5.52 Å². The number of nitrogens with zero attached hydrogens (tertiary/aromatic N) is 3. The lowest BCUT2D eigenvalue weighted by molar-refractivity contribution is 0.1000. The highest BCUT2D eigenvalue weighted by atomic mass is 16.5. The van der Waals surface area contributed by atoms with Crippen molar-refractivity contribution in [3.8, 4) is 17.4 Å². The predicted molar refractivity (Wildman–Crippen MR) is 105 cm³/mol. The number of carbonyl (C=O) groups is 2. The normalized spacial score (nSPS) is 13.5. The van der Waals surface area contributed by atoms with Gasteiger partial charge in [-0.25, -0.2) is 9.78 Å². The van der Waals surface area contributed by atoms with E-state index < -0.39 is 5.91 Å². The summed E-state index contributed by atoms with van der Waals surface area (Å²) in [6, 6.07) is 10.4. The van der Waals surface area contributed by atoms with Crippen LogP contribution in [0, 0.1) is 0 Å². The van der Waals surface area contributed by atoms with Gasteiger partial charge in [0.1, 0.15) is 17.8 Å². The molecule has 9 nitrogen and oxygen atoms in total. The fourth-order valence-electron chi connectivity index (χ4n) is 3.12. The van der Waals surface area contributed by atoms with Crippen molar-refractivity contribution >= 4 is 17.5 Å². The highest BCUT2D eigenvalue weighted by Gasteiger charge is 2.18. The fraction of sp³-hybridized carbons (Fsp3) is 0.250. The summed E-state index contributed by atoms with van der Waals surface area (Å²) in [6.07, 6.45) is 3.99. The van der Waals surface area contributed by atoms with E-state index in [0.717, 1.165) is 13.0 Å². The third kappa shape index (κ3) is 4.23. The molecule has 3 amide bonds. The molecular weight excluding hydrogens is 374 g/mol. The number of primary amides is 1. The largest absolute Gasteiger partial charge is 0.494 e. The van der Waals surface area contributed by atoms with Crippen LogP contribution in [-0.2, 0) is 0 Å². The molecule has 1 aromatic carbocycles. The van der Waals surface area contributed by atoms with Gasteiger partial charge in [-0.2, -0.15) is 0 Å². The van der Waals surface area contributed by atoms with Gasteiger partial charge in [0.25, 0.3) is 0 Å². The molecule has 0 spiro atoms. The van der Waals surface area contributed by atoms with Gasteiger partial charge in [0.05, 0.1) is 18.3 Å². The molecule has 9 heteroatoms. The Hall–Kier alpha value is -3.75. The Labute approximate surface area is 167 Å². The van der Waals surface area contributed by atoms with Gasteiger partial charge in [0.15, 0.2) is 0 Å². The molecule has 29 heavy (non-hydrogen) atoms. The number of amides is 3. The van der Waals surface area contributed by atoms with Gasteiger partial charge < -0.3 is 25.4 Å². The van der Waals surface area contributed by atoms with Crippen LogP contribution in [0.1, 0.15) is 16.8 Å². The van der Waals surface area contributed by atoms with Crippen molar-refractivity contribution < 1.29 is 19.1 Å². The Morgan fingerprint density at radius 2 is 2.00 bits per heavy atom. The van der Waals surface area contributed by atoms with Gasteiger partial charge >= 0.3 is 6.03 Å². The van der Waals surface area contributed by atoms with E-state index in [0.29, 0.717) is 48.2 Å². The monoisotopic (exact) mass is 395 g/mol. The molecule has 1 fully saturated rings. The smallest absolute Gasteiger partial charge is 0.317 e. The molecule has 1 saturated heterocycles. The average Bonchev–Trinajstić information content (AvgIpc) is 3.35. The summed E-state index contributed by atoms with van der Waals surface area (Å²) < 4.78 is 13.4. The average molecular weight is 395 g/mol. The minimum atomic E-state index is -0.534. The van der Waals surface area contributed by atoms with Crippen LogP contribution >= 0.6 is 0 Å². The molecule has 3 aromatic rings. The number of nitrogens with two attached hydrogens (primary N) is 1. The third-order valence-electron chi connectivity index (χ3n) is 4.60. The van der Waals surface area contributed by atoms with Crippen molar-refractivity contribution in [2.45, 2.75) is 6.42 Å². The first kappa shape index (κ1) is 18.6. The van der Waals surface area contributed by atoms with E-state index in [1.807, 2.05) is 0 Å². The first-order valence-corrected chi connectivity index (χ1v) is 9.29. The summed E-state index contributed by atoms with van der Waals surface area (Å²) in [5, 5.41) is 2.77. The highest BCUT2D eigenvalue weighted by molar-refractivity contribution is 5.94. The number of carbonyl (C=O) groups excluding carboxylic acids is 2. The molecule has 0 atom stereocenters. The van der Waals surface area contributed by atoms with E-state index >= 15 is 0 Å². The van der Waals surface area contributed by atoms with E-state index in [2.05, 4.69) is 10.3 Å². The van der Waals surface area contributed by atoms with Crippen LogP contribution in [-0.4, -0.2) is 52.5 Å². The number of urea groups is 1. The molecule has 4 rings (SSSR count). The first-order valence-electron chi connectivity index (χ1n) is 9.29. The van der Waals surface area contributed by atoms with Gasteiger partial charge in [0.2, 0.25) is 11.8 Å². The zero-order valence-corrected chi connectivity index (χ0v) is 15.7. The lowest BCUT2D eigenvalue weighted by Gasteiger charge is -2.14. The molecule has 0 aliphatic carbocycles. The maximum Gasteiger partial charge on any atom is 0.317 e. The molecule has 150 valence electrons. The van der Waals surface area contributed by atoms with Gasteiger partial charge in [-0.15, -0.1) is 0 Å². The molecule has 0 radical (unpaired) electrons. The number of hydrogen-bond acceptors (Lipinski definition) is 5. The third-order valence-corrected chi connectivity index (χ3v) is 4.60. The van der Waals surface area contributed by atoms with Crippen molar-refractivity contribution in [2.75, 3.05) is 26.2 Å². The van der Waals surface area contributed by atoms with Crippen LogP contribution in [0.5, 0.6) is 17.4 Å². The summed E-state index contributed by atoms with van der Waals surface area (Å²) >= 11 is 0. The number of imidazole rings is 1. The van der Waals surface area contributed by atoms with Crippen LogP contribution in [0.4, 0.5) is 4.79 Å². The minimum Gasteiger partial charge on any atom is -0.494 e.